The van der Waals surface area contributed by atoms with E-state index in [9.17, 15) is 13.2 Å². The van der Waals surface area contributed by atoms with Gasteiger partial charge in [0.15, 0.2) is 0 Å². The van der Waals surface area contributed by atoms with Crippen LogP contribution >= 0.6 is 0 Å². The van der Waals surface area contributed by atoms with Crippen molar-refractivity contribution < 1.29 is 13.2 Å². The minimum atomic E-state index is -4.33. The number of nitrogens with one attached hydrogen (secondary N) is 1. The number of amidine groups is 1. The lowest BCUT2D eigenvalue weighted by atomic mass is 9.70. The number of hydrogen-bond acceptors (Lipinski definition) is 2. The van der Waals surface area contributed by atoms with Crippen LogP contribution in [0.5, 0.6) is 0 Å². The van der Waals surface area contributed by atoms with Crippen LogP contribution in [0.4, 0.5) is 18.9 Å². The molecule has 2 aliphatic heterocycles. The van der Waals surface area contributed by atoms with Gasteiger partial charge in [-0.3, -0.25) is 4.99 Å². The summed E-state index contributed by atoms with van der Waals surface area (Å²) in [7, 11) is 2.12. The highest BCUT2D eigenvalue weighted by Gasteiger charge is 2.42. The number of benzene rings is 2. The fraction of sp³-hybridized carbons (Fsp3) is 0.409. The van der Waals surface area contributed by atoms with Gasteiger partial charge in [-0.1, -0.05) is 30.3 Å². The molecule has 0 radical (unpaired) electrons. The van der Waals surface area contributed by atoms with E-state index in [1.807, 2.05) is 18.2 Å². The van der Waals surface area contributed by atoms with E-state index in [-0.39, 0.29) is 12.0 Å². The van der Waals surface area contributed by atoms with E-state index in [0.29, 0.717) is 5.56 Å². The summed E-state index contributed by atoms with van der Waals surface area (Å²) in [5, 5.41) is 3.50. The number of halogens is 3. The molecule has 28 heavy (non-hydrogen) atoms. The maximum Gasteiger partial charge on any atom is 0.416 e. The van der Waals surface area contributed by atoms with E-state index in [2.05, 4.69) is 23.3 Å². The number of piperidine rings is 1. The Morgan fingerprint density at radius 3 is 2.57 bits per heavy atom. The molecule has 148 valence electrons. The van der Waals surface area contributed by atoms with Gasteiger partial charge < -0.3 is 10.2 Å². The van der Waals surface area contributed by atoms with Gasteiger partial charge in [0.2, 0.25) is 0 Å². The first kappa shape index (κ1) is 19.0. The molecule has 0 amide bonds. The molecule has 0 aliphatic carbocycles. The Hall–Kier alpha value is -2.34. The van der Waals surface area contributed by atoms with E-state index < -0.39 is 11.7 Å². The van der Waals surface area contributed by atoms with Crippen LogP contribution in [0.15, 0.2) is 53.5 Å². The Morgan fingerprint density at radius 1 is 1.07 bits per heavy atom. The number of hydrogen-bond donors (Lipinski definition) is 1. The largest absolute Gasteiger partial charge is 0.416 e. The Bertz CT molecular complexity index is 881. The molecule has 1 saturated heterocycles. The van der Waals surface area contributed by atoms with E-state index in [1.54, 1.807) is 6.07 Å². The van der Waals surface area contributed by atoms with Gasteiger partial charge in [-0.2, -0.15) is 13.2 Å². The number of anilines is 1. The quantitative estimate of drug-likeness (QED) is 0.787. The van der Waals surface area contributed by atoms with Gasteiger partial charge in [0.25, 0.3) is 0 Å². The standard InChI is InChI=1S/C22H24F3N3/c1-28-11-9-21(10-12-28)14-17-6-2-3-8-19(17)27-20(21)26-15-16-5-4-7-18(13-16)22(23,24)25/h2-8,13H,9-12,14-15H2,1H3,(H,26,27). The Morgan fingerprint density at radius 2 is 1.82 bits per heavy atom. The van der Waals surface area contributed by atoms with Crippen LogP contribution < -0.4 is 5.32 Å². The predicted octanol–water partition coefficient (Wildman–Crippen LogP) is 4.98. The van der Waals surface area contributed by atoms with Crippen molar-refractivity contribution in [1.29, 1.82) is 0 Å². The van der Waals surface area contributed by atoms with Crippen LogP contribution in [-0.4, -0.2) is 30.9 Å². The summed E-state index contributed by atoms with van der Waals surface area (Å²) in [6, 6.07) is 13.7. The lowest BCUT2D eigenvalue weighted by molar-refractivity contribution is -0.137. The molecular weight excluding hydrogens is 363 g/mol. The van der Waals surface area contributed by atoms with Crippen molar-refractivity contribution >= 4 is 11.5 Å². The highest BCUT2D eigenvalue weighted by atomic mass is 19.4. The molecule has 0 saturated carbocycles. The average Bonchev–Trinajstić information content (AvgIpc) is 2.68. The van der Waals surface area contributed by atoms with Gasteiger partial charge in [-0.25, -0.2) is 0 Å². The summed E-state index contributed by atoms with van der Waals surface area (Å²) in [5.74, 6) is 0.914. The van der Waals surface area contributed by atoms with Crippen LogP contribution in [0, 0.1) is 5.41 Å². The maximum absolute atomic E-state index is 13.0. The molecule has 0 unspecified atom stereocenters. The summed E-state index contributed by atoms with van der Waals surface area (Å²) in [4.78, 5) is 7.11. The van der Waals surface area contributed by atoms with Crippen LogP contribution in [0.3, 0.4) is 0 Å². The van der Waals surface area contributed by atoms with E-state index in [4.69, 9.17) is 4.99 Å². The van der Waals surface area contributed by atoms with Gasteiger partial charge in [-0.15, -0.1) is 0 Å². The second-order valence-electron chi connectivity index (χ2n) is 7.91. The summed E-state index contributed by atoms with van der Waals surface area (Å²) >= 11 is 0. The van der Waals surface area contributed by atoms with Crippen molar-refractivity contribution in [2.75, 3.05) is 25.5 Å². The second-order valence-corrected chi connectivity index (χ2v) is 7.91. The molecule has 0 bridgehead atoms. The van der Waals surface area contributed by atoms with Crippen LogP contribution in [-0.2, 0) is 19.1 Å². The zero-order valence-corrected chi connectivity index (χ0v) is 15.9. The first-order chi connectivity index (χ1) is 13.4. The zero-order valence-electron chi connectivity index (χ0n) is 15.9. The fourth-order valence-electron chi connectivity index (χ4n) is 4.19. The van der Waals surface area contributed by atoms with Crippen molar-refractivity contribution in [3.05, 3.63) is 65.2 Å². The fourth-order valence-corrected chi connectivity index (χ4v) is 4.19. The number of rotatable bonds is 2. The zero-order chi connectivity index (χ0) is 19.8. The number of fused-ring (bicyclic) bond motifs is 1. The minimum Gasteiger partial charge on any atom is -0.343 e. The smallest absolute Gasteiger partial charge is 0.343 e. The van der Waals surface area contributed by atoms with Crippen LogP contribution in [0.1, 0.15) is 29.5 Å². The van der Waals surface area contributed by atoms with Gasteiger partial charge in [0.1, 0.15) is 5.84 Å². The molecule has 4 rings (SSSR count). The summed E-state index contributed by atoms with van der Waals surface area (Å²) in [6.45, 7) is 2.23. The molecule has 1 N–H and O–H groups in total. The molecule has 0 aromatic heterocycles. The average molecular weight is 387 g/mol. The summed E-state index contributed by atoms with van der Waals surface area (Å²) in [5.41, 5.74) is 2.22. The molecule has 2 aliphatic rings. The Labute approximate surface area is 163 Å². The monoisotopic (exact) mass is 387 g/mol. The van der Waals surface area contributed by atoms with E-state index in [0.717, 1.165) is 49.9 Å². The van der Waals surface area contributed by atoms with E-state index >= 15 is 0 Å². The second kappa shape index (κ2) is 7.24. The molecule has 2 heterocycles. The normalized spacial score (nSPS) is 20.8. The number of alkyl halides is 3. The first-order valence-electron chi connectivity index (χ1n) is 9.60. The summed E-state index contributed by atoms with van der Waals surface area (Å²) < 4.78 is 39.0. The highest BCUT2D eigenvalue weighted by molar-refractivity contribution is 6.02. The first-order valence-corrected chi connectivity index (χ1v) is 9.60. The molecule has 2 aromatic carbocycles. The number of aliphatic imine (C=N–C) groups is 1. The number of likely N-dealkylation sites (tertiary alicyclic amines) is 1. The molecule has 3 nitrogen and oxygen atoms in total. The lowest BCUT2D eigenvalue weighted by Crippen LogP contribution is -2.49. The van der Waals surface area contributed by atoms with Gasteiger partial charge in [0.05, 0.1) is 12.1 Å². The predicted molar refractivity (Wildman–Crippen MR) is 106 cm³/mol. The molecule has 2 aromatic rings. The number of para-hydroxylation sites is 1. The van der Waals surface area contributed by atoms with Gasteiger partial charge >= 0.3 is 6.18 Å². The van der Waals surface area contributed by atoms with Gasteiger partial charge in [0, 0.05) is 11.1 Å². The van der Waals surface area contributed by atoms with Crippen molar-refractivity contribution in [2.45, 2.75) is 32.0 Å². The SMILES string of the molecule is CN1CCC2(CC1)Cc1ccccc1NC2=NCc1cccc(C(F)(F)F)c1. The molecule has 0 atom stereocenters. The third-order valence-electron chi connectivity index (χ3n) is 5.92. The van der Waals surface area contributed by atoms with Crippen LogP contribution in [0.2, 0.25) is 0 Å². The van der Waals surface area contributed by atoms with Crippen molar-refractivity contribution in [3.63, 3.8) is 0 Å². The van der Waals surface area contributed by atoms with Crippen molar-refractivity contribution in [3.8, 4) is 0 Å². The Balaban J connectivity index is 1.64. The highest BCUT2D eigenvalue weighted by Crippen LogP contribution is 2.42. The number of nitrogens with zero attached hydrogens (tertiary/aromatic N) is 2. The van der Waals surface area contributed by atoms with E-state index in [1.165, 1.54) is 17.7 Å². The van der Waals surface area contributed by atoms with Crippen molar-refractivity contribution in [2.24, 2.45) is 10.4 Å². The lowest BCUT2D eigenvalue weighted by Gasteiger charge is -2.45. The molecule has 1 spiro atoms. The molecular formula is C22H24F3N3. The van der Waals surface area contributed by atoms with Gasteiger partial charge in [-0.05, 0) is 68.7 Å². The third kappa shape index (κ3) is 3.78. The third-order valence-corrected chi connectivity index (χ3v) is 5.92. The Kier molecular flexibility index (Phi) is 4.91. The molecule has 6 heteroatoms. The van der Waals surface area contributed by atoms with Crippen molar-refractivity contribution in [1.82, 2.24) is 4.90 Å². The minimum absolute atomic E-state index is 0.0670. The summed E-state index contributed by atoms with van der Waals surface area (Å²) in [6.07, 6.45) is -1.43. The molecule has 1 fully saturated rings. The maximum atomic E-state index is 13.0. The van der Waals surface area contributed by atoms with Crippen LogP contribution in [0.25, 0.3) is 0 Å². The topological polar surface area (TPSA) is 27.6 Å².